The number of piperidine rings is 1. The smallest absolute Gasteiger partial charge is 0.390 e. The minimum absolute atomic E-state index is 0.0347. The van der Waals surface area contributed by atoms with Gasteiger partial charge in [-0.05, 0) is 83.4 Å². The van der Waals surface area contributed by atoms with Crippen molar-refractivity contribution in [3.05, 3.63) is 65.5 Å². The number of nitrogens with zero attached hydrogens (tertiary/aromatic N) is 2. The molecule has 288 valence electrons. The van der Waals surface area contributed by atoms with Crippen molar-refractivity contribution in [2.45, 2.75) is 114 Å². The van der Waals surface area contributed by atoms with E-state index < -0.39 is 68.0 Å². The molecule has 0 radical (unpaired) electrons. The van der Waals surface area contributed by atoms with Gasteiger partial charge in [-0.3, -0.25) is 24.3 Å². The summed E-state index contributed by atoms with van der Waals surface area (Å²) in [6, 6.07) is 7.32. The first-order valence-electron chi connectivity index (χ1n) is 17.7. The Morgan fingerprint density at radius 1 is 0.962 bits per heavy atom. The number of likely N-dealkylation sites (tertiary alicyclic amines) is 1. The van der Waals surface area contributed by atoms with Gasteiger partial charge in [-0.1, -0.05) is 49.6 Å². The molecular weight excluding hydrogens is 699 g/mol. The second-order valence-corrected chi connectivity index (χ2v) is 18.4. The first kappa shape index (κ1) is 41.2. The SMILES string of the molecule is CC(C)(C)NC(=O)C1C[C@@H]2CCCC[C@@H]2CN1CC(O)C(Cc1ccccc1)NC(=O)[C@@H](NC(=O)c1ccc(C(F)(F)F)nc1)C(C)(C)S(C)(=O)=O. The van der Waals surface area contributed by atoms with Gasteiger partial charge in [0, 0.05) is 31.1 Å². The number of halogens is 3. The highest BCUT2D eigenvalue weighted by atomic mass is 32.2. The summed E-state index contributed by atoms with van der Waals surface area (Å²) in [5.74, 6) is -1.32. The number of benzene rings is 1. The summed E-state index contributed by atoms with van der Waals surface area (Å²) in [5.41, 5.74) is -1.25. The Balaban J connectivity index is 1.63. The number of β-amino-alcohol motifs (C(OH)–C–C–N with tert-alkyl or cyclic N) is 1. The van der Waals surface area contributed by atoms with Gasteiger partial charge in [-0.15, -0.1) is 0 Å². The summed E-state index contributed by atoms with van der Waals surface area (Å²) < 4.78 is 63.4. The first-order chi connectivity index (χ1) is 24.1. The lowest BCUT2D eigenvalue weighted by Crippen LogP contribution is -2.64. The van der Waals surface area contributed by atoms with Crippen molar-refractivity contribution in [1.29, 1.82) is 0 Å². The number of aliphatic hydroxyl groups is 1. The van der Waals surface area contributed by atoms with Crippen LogP contribution in [-0.4, -0.2) is 95.0 Å². The highest BCUT2D eigenvalue weighted by molar-refractivity contribution is 7.92. The number of sulfone groups is 1. The Hall–Kier alpha value is -3.56. The molecule has 2 aromatic rings. The number of amides is 3. The molecule has 0 spiro atoms. The van der Waals surface area contributed by atoms with Gasteiger partial charge < -0.3 is 21.1 Å². The van der Waals surface area contributed by atoms with Crippen LogP contribution in [0, 0.1) is 11.8 Å². The number of pyridine rings is 1. The number of aromatic nitrogens is 1. The number of aliphatic hydroxyl groups excluding tert-OH is 1. The molecule has 15 heteroatoms. The van der Waals surface area contributed by atoms with Crippen LogP contribution in [0.5, 0.6) is 0 Å². The molecule has 4 N–H and O–H groups in total. The van der Waals surface area contributed by atoms with Gasteiger partial charge in [0.05, 0.1) is 28.5 Å². The summed E-state index contributed by atoms with van der Waals surface area (Å²) in [4.78, 5) is 46.4. The zero-order valence-corrected chi connectivity index (χ0v) is 31.5. The van der Waals surface area contributed by atoms with Gasteiger partial charge in [0.2, 0.25) is 11.8 Å². The number of hydrogen-bond donors (Lipinski definition) is 4. The lowest BCUT2D eigenvalue weighted by Gasteiger charge is -2.47. The van der Waals surface area contributed by atoms with Crippen molar-refractivity contribution in [2.24, 2.45) is 11.8 Å². The number of hydrogen-bond acceptors (Lipinski definition) is 8. The average Bonchev–Trinajstić information content (AvgIpc) is 3.05. The fourth-order valence-corrected chi connectivity index (χ4v) is 7.69. The second kappa shape index (κ2) is 16.2. The lowest BCUT2D eigenvalue weighted by atomic mass is 9.72. The molecule has 1 saturated carbocycles. The van der Waals surface area contributed by atoms with Gasteiger partial charge in [0.1, 0.15) is 11.7 Å². The van der Waals surface area contributed by atoms with E-state index in [1.54, 1.807) is 12.1 Å². The number of rotatable bonds is 12. The van der Waals surface area contributed by atoms with E-state index >= 15 is 0 Å². The zero-order valence-electron chi connectivity index (χ0n) is 30.7. The maximum atomic E-state index is 14.2. The van der Waals surface area contributed by atoms with Crippen molar-refractivity contribution in [3.63, 3.8) is 0 Å². The Morgan fingerprint density at radius 2 is 1.60 bits per heavy atom. The molecule has 2 fully saturated rings. The quantitative estimate of drug-likeness (QED) is 0.255. The van der Waals surface area contributed by atoms with Gasteiger partial charge in [-0.25, -0.2) is 8.42 Å². The molecule has 1 aliphatic carbocycles. The van der Waals surface area contributed by atoms with Crippen LogP contribution in [0.1, 0.15) is 88.3 Å². The van der Waals surface area contributed by atoms with Gasteiger partial charge in [-0.2, -0.15) is 13.2 Å². The summed E-state index contributed by atoms with van der Waals surface area (Å²) in [6.07, 6.45) is 0.675. The van der Waals surface area contributed by atoms with Gasteiger partial charge in [0.15, 0.2) is 9.84 Å². The fraction of sp³-hybridized carbons (Fsp3) is 0.622. The van der Waals surface area contributed by atoms with Crippen molar-refractivity contribution in [2.75, 3.05) is 19.3 Å². The average molecular weight is 752 g/mol. The number of carbonyl (C=O) groups is 3. The predicted octanol–water partition coefficient (Wildman–Crippen LogP) is 3.91. The fourth-order valence-electron chi connectivity index (χ4n) is 7.09. The maximum absolute atomic E-state index is 14.2. The Bertz CT molecular complexity index is 1670. The Morgan fingerprint density at radius 3 is 2.15 bits per heavy atom. The minimum Gasteiger partial charge on any atom is -0.390 e. The van der Waals surface area contributed by atoms with Crippen LogP contribution in [0.4, 0.5) is 13.2 Å². The van der Waals surface area contributed by atoms with Crippen molar-refractivity contribution in [1.82, 2.24) is 25.8 Å². The number of nitrogens with one attached hydrogen (secondary N) is 3. The molecule has 2 heterocycles. The molecule has 11 nitrogen and oxygen atoms in total. The molecule has 52 heavy (non-hydrogen) atoms. The Kier molecular flexibility index (Phi) is 12.8. The van der Waals surface area contributed by atoms with E-state index in [-0.39, 0.29) is 24.4 Å². The van der Waals surface area contributed by atoms with E-state index in [0.29, 0.717) is 37.1 Å². The third-order valence-corrected chi connectivity index (χ3v) is 12.5. The predicted molar refractivity (Wildman–Crippen MR) is 191 cm³/mol. The number of carbonyl (C=O) groups excluding carboxylic acids is 3. The van der Waals surface area contributed by atoms with E-state index in [0.717, 1.165) is 43.6 Å². The molecule has 1 saturated heterocycles. The third kappa shape index (κ3) is 10.5. The van der Waals surface area contributed by atoms with Crippen LogP contribution in [0.2, 0.25) is 0 Å². The molecule has 3 amide bonds. The highest BCUT2D eigenvalue weighted by Crippen LogP contribution is 2.39. The van der Waals surface area contributed by atoms with E-state index in [2.05, 4.69) is 20.9 Å². The van der Waals surface area contributed by atoms with E-state index in [1.807, 2.05) is 43.9 Å². The summed E-state index contributed by atoms with van der Waals surface area (Å²) in [7, 11) is -4.04. The Labute approximate surface area is 304 Å². The monoisotopic (exact) mass is 751 g/mol. The lowest BCUT2D eigenvalue weighted by molar-refractivity contribution is -0.141. The van der Waals surface area contributed by atoms with Crippen LogP contribution in [0.3, 0.4) is 0 Å². The van der Waals surface area contributed by atoms with Crippen LogP contribution < -0.4 is 16.0 Å². The van der Waals surface area contributed by atoms with Crippen molar-refractivity contribution >= 4 is 27.6 Å². The summed E-state index contributed by atoms with van der Waals surface area (Å²) in [5, 5.41) is 20.2. The molecule has 6 atom stereocenters. The van der Waals surface area contributed by atoms with Crippen molar-refractivity contribution in [3.8, 4) is 0 Å². The van der Waals surface area contributed by atoms with E-state index in [1.165, 1.54) is 13.8 Å². The zero-order chi connectivity index (χ0) is 38.6. The molecule has 1 aromatic carbocycles. The standard InChI is InChI=1S/C37H52F3N5O6S/c1-35(2,3)44-33(48)28-19-24-14-10-11-15-26(24)21-45(28)22-29(46)27(18-23-12-8-7-9-13-23)42-34(49)31(36(4,5)52(6,50)51)43-32(47)25-16-17-30(41-20-25)37(38,39)40/h7-9,12-13,16-17,20,24,26-29,31,46H,10-11,14-15,18-19,21-22H2,1-6H3,(H,42,49)(H,43,47)(H,44,48)/t24-,26+,27?,28?,29?,31+/m0/s1. The summed E-state index contributed by atoms with van der Waals surface area (Å²) >= 11 is 0. The molecular formula is C37H52F3N5O6S. The van der Waals surface area contributed by atoms with Crippen LogP contribution >= 0.6 is 0 Å². The van der Waals surface area contributed by atoms with Gasteiger partial charge >= 0.3 is 6.18 Å². The minimum atomic E-state index is -4.74. The highest BCUT2D eigenvalue weighted by Gasteiger charge is 2.46. The maximum Gasteiger partial charge on any atom is 0.433 e. The largest absolute Gasteiger partial charge is 0.433 e. The molecule has 3 unspecified atom stereocenters. The molecule has 1 aliphatic heterocycles. The van der Waals surface area contributed by atoms with Crippen LogP contribution in [0.25, 0.3) is 0 Å². The van der Waals surface area contributed by atoms with Crippen LogP contribution in [-0.2, 0) is 32.0 Å². The molecule has 0 bridgehead atoms. The second-order valence-electron chi connectivity index (χ2n) is 15.8. The van der Waals surface area contributed by atoms with Crippen molar-refractivity contribution < 1.29 is 41.1 Å². The third-order valence-electron chi connectivity index (χ3n) is 10.3. The van der Waals surface area contributed by atoms with E-state index in [9.17, 15) is 41.1 Å². The van der Waals surface area contributed by atoms with Crippen LogP contribution in [0.15, 0.2) is 48.7 Å². The van der Waals surface area contributed by atoms with Gasteiger partial charge in [0.25, 0.3) is 5.91 Å². The summed E-state index contributed by atoms with van der Waals surface area (Å²) in [6.45, 7) is 8.86. The molecule has 4 rings (SSSR count). The molecule has 1 aromatic heterocycles. The normalized spacial score (nSPS) is 22.0. The first-order valence-corrected chi connectivity index (χ1v) is 19.6. The number of fused-ring (bicyclic) bond motifs is 1. The van der Waals surface area contributed by atoms with E-state index in [4.69, 9.17) is 0 Å². The topological polar surface area (TPSA) is 158 Å². The number of alkyl halides is 3. The molecule has 2 aliphatic rings.